The van der Waals surface area contributed by atoms with E-state index in [0.717, 1.165) is 24.4 Å². The maximum Gasteiger partial charge on any atom is 0.261 e. The highest BCUT2D eigenvalue weighted by Gasteiger charge is 2.17. The maximum absolute atomic E-state index is 14.6. The van der Waals surface area contributed by atoms with E-state index in [4.69, 9.17) is 16.2 Å². The van der Waals surface area contributed by atoms with Crippen LogP contribution in [0.5, 0.6) is 11.5 Å². The van der Waals surface area contributed by atoms with Crippen LogP contribution in [0.3, 0.4) is 0 Å². The van der Waals surface area contributed by atoms with Crippen molar-refractivity contribution in [1.82, 2.24) is 15.0 Å². The molecule has 0 fully saturated rings. The quantitative estimate of drug-likeness (QED) is 0.297. The monoisotopic (exact) mass is 503 g/mol. The van der Waals surface area contributed by atoms with Crippen molar-refractivity contribution >= 4 is 47.3 Å². The number of pyridine rings is 1. The average Bonchev–Trinajstić information content (AvgIpc) is 2.78. The van der Waals surface area contributed by atoms with Gasteiger partial charge < -0.3 is 26.8 Å². The third-order valence-electron chi connectivity index (χ3n) is 4.41. The first-order valence-corrected chi connectivity index (χ1v) is 9.63. The van der Waals surface area contributed by atoms with Crippen molar-refractivity contribution in [3.8, 4) is 11.5 Å². The second kappa shape index (κ2) is 10.6. The molecule has 0 atom stereocenters. The summed E-state index contributed by atoms with van der Waals surface area (Å²) in [6.07, 6.45) is 2.53. The molecule has 4 rings (SSSR count). The van der Waals surface area contributed by atoms with Crippen molar-refractivity contribution in [3.05, 3.63) is 83.9 Å². The number of ether oxygens (including phenoxy) is 1. The molecule has 2 heterocycles. The highest BCUT2D eigenvalue weighted by molar-refractivity contribution is 6.07. The molecule has 1 amide bonds. The van der Waals surface area contributed by atoms with E-state index in [2.05, 4.69) is 25.6 Å². The number of hydrogen-bond donors (Lipinski definition) is 4. The van der Waals surface area contributed by atoms with Gasteiger partial charge in [0, 0.05) is 36.3 Å². The minimum atomic E-state index is -0.965. The average molecular weight is 504 g/mol. The van der Waals surface area contributed by atoms with Crippen LogP contribution in [-0.4, -0.2) is 20.9 Å². The minimum Gasteiger partial charge on any atom is -0.454 e. The topological polar surface area (TPSA) is 141 Å². The van der Waals surface area contributed by atoms with Crippen molar-refractivity contribution in [2.24, 2.45) is 0 Å². The molecule has 4 aromatic rings. The van der Waals surface area contributed by atoms with Crippen LogP contribution < -0.4 is 26.8 Å². The molecule has 9 nitrogen and oxygen atoms in total. The Kier molecular flexibility index (Phi) is 7.56. The highest BCUT2D eigenvalue weighted by atomic mass is 35.5. The first kappa shape index (κ1) is 25.1. The van der Waals surface area contributed by atoms with Crippen LogP contribution in [0.4, 0.5) is 42.1 Å². The van der Waals surface area contributed by atoms with Crippen molar-refractivity contribution in [2.75, 3.05) is 22.1 Å². The third kappa shape index (κ3) is 6.06. The number of carbonyl (C=O) groups is 1. The molecule has 2 aromatic carbocycles. The first-order chi connectivity index (χ1) is 16.3. The summed E-state index contributed by atoms with van der Waals surface area (Å²) in [5.74, 6) is -3.09. The molecule has 0 unspecified atom stereocenters. The second-order valence-electron chi connectivity index (χ2n) is 6.86. The van der Waals surface area contributed by atoms with Crippen LogP contribution in [0.15, 0.2) is 60.9 Å². The Morgan fingerprint density at radius 2 is 1.74 bits per heavy atom. The van der Waals surface area contributed by atoms with Crippen LogP contribution in [0.25, 0.3) is 0 Å². The number of amides is 1. The highest BCUT2D eigenvalue weighted by Crippen LogP contribution is 2.29. The molecule has 2 aromatic heterocycles. The summed E-state index contributed by atoms with van der Waals surface area (Å²) in [5, 5.41) is 5.07. The van der Waals surface area contributed by atoms with Crippen molar-refractivity contribution < 1.29 is 22.7 Å². The Morgan fingerprint density at radius 1 is 0.943 bits per heavy atom. The lowest BCUT2D eigenvalue weighted by molar-refractivity contribution is 0.102. The number of carbonyl (C=O) groups excluding carboxylic acids is 1. The molecule has 0 saturated carbocycles. The lowest BCUT2D eigenvalue weighted by Crippen LogP contribution is -2.17. The molecule has 180 valence electrons. The van der Waals surface area contributed by atoms with Gasteiger partial charge in [-0.3, -0.25) is 4.79 Å². The number of nitrogens with two attached hydrogens (primary N) is 2. The molecule has 0 bridgehead atoms. The Morgan fingerprint density at radius 3 is 2.46 bits per heavy atom. The first-order valence-electron chi connectivity index (χ1n) is 9.63. The van der Waals surface area contributed by atoms with Gasteiger partial charge in [0.2, 0.25) is 5.95 Å². The lowest BCUT2D eigenvalue weighted by atomic mass is 10.2. The standard InChI is InChI=1S/C22H16F3N7O2.ClH/c23-11-1-3-17(15(24)7-11)31-21(33)14-10-29-22(27)32-20(14)30-12-2-4-18(16(25)8-12)34-13-5-6-28-19(26)9-13;/h1-10H,(H2,26,28)(H,31,33)(H3,27,29,30,32);1H. The fraction of sp³-hybridized carbons (Fsp3) is 0. The van der Waals surface area contributed by atoms with Crippen molar-refractivity contribution in [2.45, 2.75) is 0 Å². The molecule has 0 aliphatic heterocycles. The van der Waals surface area contributed by atoms with E-state index in [-0.39, 0.29) is 52.7 Å². The van der Waals surface area contributed by atoms with Crippen molar-refractivity contribution in [1.29, 1.82) is 0 Å². The number of hydrogen-bond acceptors (Lipinski definition) is 8. The van der Waals surface area contributed by atoms with Gasteiger partial charge in [-0.2, -0.15) is 4.98 Å². The van der Waals surface area contributed by atoms with Gasteiger partial charge in [0.1, 0.15) is 34.6 Å². The molecule has 0 aliphatic carbocycles. The molecular weight excluding hydrogens is 487 g/mol. The summed E-state index contributed by atoms with van der Waals surface area (Å²) in [4.78, 5) is 24.2. The summed E-state index contributed by atoms with van der Waals surface area (Å²) in [7, 11) is 0. The number of anilines is 5. The van der Waals surface area contributed by atoms with Gasteiger partial charge in [-0.05, 0) is 30.3 Å². The Hall–Kier alpha value is -4.58. The molecular formula is C22H17ClF3N7O2. The zero-order chi connectivity index (χ0) is 24.2. The molecule has 0 radical (unpaired) electrons. The summed E-state index contributed by atoms with van der Waals surface area (Å²) >= 11 is 0. The normalized spacial score (nSPS) is 10.3. The van der Waals surface area contributed by atoms with Gasteiger partial charge in [-0.25, -0.2) is 23.1 Å². The summed E-state index contributed by atoms with van der Waals surface area (Å²) in [6.45, 7) is 0. The van der Waals surface area contributed by atoms with Crippen LogP contribution >= 0.6 is 12.4 Å². The van der Waals surface area contributed by atoms with E-state index in [0.29, 0.717) is 11.8 Å². The largest absolute Gasteiger partial charge is 0.454 e. The number of rotatable bonds is 6. The van der Waals surface area contributed by atoms with Crippen LogP contribution in [0, 0.1) is 17.5 Å². The number of aromatic nitrogens is 3. The summed E-state index contributed by atoms with van der Waals surface area (Å²) < 4.78 is 47.1. The number of halogens is 4. The molecule has 35 heavy (non-hydrogen) atoms. The SMILES string of the molecule is Cl.Nc1cc(Oc2ccc(Nc3nc(N)ncc3C(=O)Nc3ccc(F)cc3F)cc2F)ccn1. The smallest absolute Gasteiger partial charge is 0.261 e. The zero-order valence-corrected chi connectivity index (χ0v) is 18.4. The Bertz CT molecular complexity index is 1390. The predicted octanol–water partition coefficient (Wildman–Crippen LogP) is 4.66. The van der Waals surface area contributed by atoms with Gasteiger partial charge in [-0.15, -0.1) is 12.4 Å². The van der Waals surface area contributed by atoms with E-state index < -0.39 is 23.4 Å². The zero-order valence-electron chi connectivity index (χ0n) is 17.6. The fourth-order valence-electron chi connectivity index (χ4n) is 2.85. The number of benzene rings is 2. The molecule has 0 aliphatic rings. The van der Waals surface area contributed by atoms with E-state index in [9.17, 15) is 18.0 Å². The van der Waals surface area contributed by atoms with E-state index in [1.165, 1.54) is 30.5 Å². The number of nitrogens with one attached hydrogen (secondary N) is 2. The molecule has 0 saturated heterocycles. The Balaban J connectivity index is 0.00000342. The molecule has 6 N–H and O–H groups in total. The molecule has 0 spiro atoms. The van der Waals surface area contributed by atoms with E-state index in [1.807, 2.05) is 0 Å². The fourth-order valence-corrected chi connectivity index (χ4v) is 2.85. The summed E-state index contributed by atoms with van der Waals surface area (Å²) in [5.41, 5.74) is 11.0. The summed E-state index contributed by atoms with van der Waals surface area (Å²) in [6, 6.07) is 9.57. The number of nitrogen functional groups attached to an aromatic ring is 2. The predicted molar refractivity (Wildman–Crippen MR) is 126 cm³/mol. The number of nitrogens with zero attached hydrogens (tertiary/aromatic N) is 3. The molecule has 13 heteroatoms. The Labute approximate surface area is 202 Å². The second-order valence-corrected chi connectivity index (χ2v) is 6.86. The third-order valence-corrected chi connectivity index (χ3v) is 4.41. The maximum atomic E-state index is 14.6. The lowest BCUT2D eigenvalue weighted by Gasteiger charge is -2.13. The van der Waals surface area contributed by atoms with E-state index >= 15 is 0 Å². The van der Waals surface area contributed by atoms with Crippen LogP contribution in [0.1, 0.15) is 10.4 Å². The van der Waals surface area contributed by atoms with Gasteiger partial charge in [0.25, 0.3) is 5.91 Å². The van der Waals surface area contributed by atoms with Gasteiger partial charge >= 0.3 is 0 Å². The van der Waals surface area contributed by atoms with Crippen LogP contribution in [0.2, 0.25) is 0 Å². The van der Waals surface area contributed by atoms with Crippen molar-refractivity contribution in [3.63, 3.8) is 0 Å². The van der Waals surface area contributed by atoms with Crippen LogP contribution in [-0.2, 0) is 0 Å². The van der Waals surface area contributed by atoms with Gasteiger partial charge in [0.15, 0.2) is 11.6 Å². The van der Waals surface area contributed by atoms with Gasteiger partial charge in [-0.1, -0.05) is 0 Å². The van der Waals surface area contributed by atoms with Gasteiger partial charge in [0.05, 0.1) is 5.69 Å². The van der Waals surface area contributed by atoms with E-state index in [1.54, 1.807) is 0 Å². The minimum absolute atomic E-state index is 0.